The molecule has 15 rings (SSSR count). The summed E-state index contributed by atoms with van der Waals surface area (Å²) in [7, 11) is -4.44. The fourth-order valence-corrected chi connectivity index (χ4v) is 18.7. The molecule has 15 aliphatic rings. The van der Waals surface area contributed by atoms with Crippen molar-refractivity contribution >= 4 is 45.8 Å². The van der Waals surface area contributed by atoms with Gasteiger partial charge in [0.25, 0.3) is 0 Å². The predicted molar refractivity (Wildman–Crippen MR) is 304 cm³/mol. The van der Waals surface area contributed by atoms with Crippen molar-refractivity contribution in [1.82, 2.24) is 4.72 Å². The normalized spacial score (nSPS) is 46.4. The SMILES string of the molecule is CCS(=O)(=O)NC(COC(=O)CCC(=O)O[C@@H]1O[C@@H]2O[C@@]3(C)CC[C@H]4[C@H](C)CC[C@@H]([C@H]1C)[C@@]24OO3)(COC(=O)CCC(=O)O[C@@H]1O[C@@H]2O[C@@]3(C)CC[C@H]4[C@H](C)CC[C@@](C)([C@H]1C)[C@@]24OO3)OC(=O)CCC(=O)O[C@@H]1O[C@@H]2O[C@@]3(C)CC[C@H]4[C@H](C)CC[C@@H]([C@H]1C)[C@@]24OO3. The molecule has 0 aromatic carbocycles. The number of fused-ring (bicyclic) bond motifs is 6. The van der Waals surface area contributed by atoms with Gasteiger partial charge in [-0.1, -0.05) is 48.5 Å². The van der Waals surface area contributed by atoms with Gasteiger partial charge in [0.15, 0.2) is 35.7 Å². The molecule has 25 atom stereocenters. The van der Waals surface area contributed by atoms with Crippen molar-refractivity contribution in [2.45, 2.75) is 269 Å². The summed E-state index contributed by atoms with van der Waals surface area (Å²) in [5, 5.41) is 0. The van der Waals surface area contributed by atoms with Crippen LogP contribution in [0.1, 0.15) is 192 Å². The van der Waals surface area contributed by atoms with Gasteiger partial charge in [-0.15, -0.1) is 0 Å². The summed E-state index contributed by atoms with van der Waals surface area (Å²) in [6.45, 7) is 18.7. The van der Waals surface area contributed by atoms with Gasteiger partial charge in [0.2, 0.25) is 52.0 Å². The van der Waals surface area contributed by atoms with Crippen LogP contribution < -0.4 is 4.72 Å². The fourth-order valence-electron chi connectivity index (χ4n) is 17.8. The molecule has 1 N–H and O–H groups in total. The third-order valence-electron chi connectivity index (χ3n) is 23.4. The minimum Gasteiger partial charge on any atom is -0.460 e. The van der Waals surface area contributed by atoms with Crippen LogP contribution in [0.2, 0.25) is 0 Å². The molecule has 0 aromatic rings. The number of ether oxygens (including phenoxy) is 12. The number of hydrogen-bond acceptors (Lipinski definition) is 26. The molecule has 3 saturated carbocycles. The lowest BCUT2D eigenvalue weighted by Crippen LogP contribution is -2.74. The van der Waals surface area contributed by atoms with Crippen LogP contribution >= 0.6 is 0 Å². The van der Waals surface area contributed by atoms with Crippen LogP contribution in [0.4, 0.5) is 0 Å². The molecule has 1 unspecified atom stereocenters. The van der Waals surface area contributed by atoms with E-state index in [0.29, 0.717) is 31.6 Å². The van der Waals surface area contributed by atoms with Gasteiger partial charge in [-0.2, -0.15) is 4.72 Å². The summed E-state index contributed by atoms with van der Waals surface area (Å²) in [6, 6.07) is 0. The van der Waals surface area contributed by atoms with Crippen LogP contribution in [0.25, 0.3) is 0 Å². The maximum absolute atomic E-state index is 14.1. The van der Waals surface area contributed by atoms with Gasteiger partial charge < -0.3 is 56.8 Å². The van der Waals surface area contributed by atoms with E-state index in [1.54, 1.807) is 20.8 Å². The minimum absolute atomic E-state index is 0.0322. The first-order valence-corrected chi connectivity index (χ1v) is 34.8. The molecule has 0 radical (unpaired) electrons. The van der Waals surface area contributed by atoms with Crippen LogP contribution in [0.5, 0.6) is 0 Å². The zero-order chi connectivity index (χ0) is 65.1. The van der Waals surface area contributed by atoms with Crippen molar-refractivity contribution in [1.29, 1.82) is 0 Å². The molecule has 91 heavy (non-hydrogen) atoms. The van der Waals surface area contributed by atoms with Crippen molar-refractivity contribution in [2.75, 3.05) is 19.0 Å². The lowest BCUT2D eigenvalue weighted by molar-refractivity contribution is -0.586. The van der Waals surface area contributed by atoms with Gasteiger partial charge in [0.1, 0.15) is 13.2 Å². The molecular formula is C63H93NO26S. The first-order valence-electron chi connectivity index (χ1n) is 33.2. The molecule has 12 aliphatic heterocycles. The Hall–Kier alpha value is -3.75. The highest BCUT2D eigenvalue weighted by atomic mass is 32.2. The Morgan fingerprint density at radius 1 is 0.462 bits per heavy atom. The topological polar surface area (TPSA) is 315 Å². The quantitative estimate of drug-likeness (QED) is 0.0543. The van der Waals surface area contributed by atoms with Crippen LogP contribution in [-0.4, -0.2) is 141 Å². The number of carbonyl (C=O) groups excluding carboxylic acids is 6. The van der Waals surface area contributed by atoms with E-state index in [1.165, 1.54) is 6.92 Å². The Bertz CT molecular complexity index is 2920. The van der Waals surface area contributed by atoms with Gasteiger partial charge in [-0.3, -0.25) is 28.8 Å². The smallest absolute Gasteiger partial charge is 0.308 e. The monoisotopic (exact) mass is 1310 g/mol. The van der Waals surface area contributed by atoms with E-state index in [2.05, 4.69) is 32.4 Å². The third-order valence-corrected chi connectivity index (χ3v) is 24.8. The second kappa shape index (κ2) is 24.7. The summed E-state index contributed by atoms with van der Waals surface area (Å²) in [6.07, 6.45) is -0.748. The number of nitrogens with one attached hydrogen (secondary N) is 1. The number of hydrogen-bond donors (Lipinski definition) is 1. The molecule has 28 heteroatoms. The van der Waals surface area contributed by atoms with Gasteiger partial charge >= 0.3 is 35.8 Å². The molecule has 0 aromatic heterocycles. The lowest BCUT2D eigenvalue weighted by atomic mass is 9.50. The second-order valence-corrected chi connectivity index (χ2v) is 31.2. The van der Waals surface area contributed by atoms with Crippen molar-refractivity contribution in [3.63, 3.8) is 0 Å². The standard InChI is InChI=1S/C63H93NO26S/c1-12-91(71,72)64-60(81-49(70)22-21-47(68)76-51-37(6)43-16-14-34(3)40-25-29-58(10)83-54(79-51)62(40,43)89-86-58,31-73-44(65)17-19-46(67)75-50-36(5)42-15-13-33(2)39-24-28-57(9)82-53(78-50)61(39,42)88-85-57)32-74-45(66)18-20-48(69)77-52-38(7)56(8)27-23-35(4)41-26-30-59(11)84-55(80-52)63(41,56)90-87-59/h33-43,50-55,64H,12-32H2,1-11H3/t33-,34-,35-,36-,37-,38+,39+,40+,41+,42+,43+,50-,51-,52-,53-,54-,55-,56+,57-,58-,59-,60?,61-,62-,63+/m1/s1. The minimum atomic E-state index is -4.44. The molecule has 512 valence electrons. The van der Waals surface area contributed by atoms with E-state index in [0.717, 1.165) is 51.4 Å². The van der Waals surface area contributed by atoms with E-state index < -0.39 is 198 Å². The molecule has 12 saturated heterocycles. The number of rotatable bonds is 20. The van der Waals surface area contributed by atoms with Gasteiger partial charge in [-0.25, -0.2) is 37.7 Å². The summed E-state index contributed by atoms with van der Waals surface area (Å²) in [4.78, 5) is 119. The highest BCUT2D eigenvalue weighted by Gasteiger charge is 2.76. The third kappa shape index (κ3) is 12.0. The van der Waals surface area contributed by atoms with Crippen molar-refractivity contribution in [3.05, 3.63) is 0 Å². The number of carbonyl (C=O) groups is 6. The summed E-state index contributed by atoms with van der Waals surface area (Å²) < 4.78 is 102. The zero-order valence-corrected chi connectivity index (χ0v) is 55.0. The molecule has 27 nitrogen and oxygen atoms in total. The predicted octanol–water partition coefficient (Wildman–Crippen LogP) is 7.24. The molecule has 6 bridgehead atoms. The molecule has 3 aliphatic carbocycles. The van der Waals surface area contributed by atoms with E-state index in [4.69, 9.17) is 86.2 Å². The van der Waals surface area contributed by atoms with Crippen molar-refractivity contribution in [2.24, 2.45) is 70.5 Å². The summed E-state index contributed by atoms with van der Waals surface area (Å²) in [5.41, 5.74) is -6.13. The van der Waals surface area contributed by atoms with Gasteiger partial charge in [0, 0.05) is 54.3 Å². The lowest BCUT2D eigenvalue weighted by Gasteiger charge is -2.65. The Morgan fingerprint density at radius 2 is 0.868 bits per heavy atom. The largest absolute Gasteiger partial charge is 0.460 e. The average Bonchev–Trinajstić information content (AvgIpc) is 1.69. The molecular weight excluding hydrogens is 1220 g/mol. The summed E-state index contributed by atoms with van der Waals surface area (Å²) >= 11 is 0. The van der Waals surface area contributed by atoms with Crippen molar-refractivity contribution in [3.8, 4) is 0 Å². The van der Waals surface area contributed by atoms with Crippen LogP contribution in [-0.2, 0) is 125 Å². The fraction of sp³-hybridized carbons (Fsp3) is 0.905. The Balaban J connectivity index is 0.703. The Morgan fingerprint density at radius 3 is 1.35 bits per heavy atom. The van der Waals surface area contributed by atoms with E-state index >= 15 is 0 Å². The average molecular weight is 1310 g/mol. The highest BCUT2D eigenvalue weighted by molar-refractivity contribution is 7.89. The Labute approximate surface area is 530 Å². The van der Waals surface area contributed by atoms with E-state index in [9.17, 15) is 37.2 Å². The van der Waals surface area contributed by atoms with Gasteiger partial charge in [-0.05, 0) is 121 Å². The molecule has 3 spiro atoms. The molecule has 0 amide bonds. The van der Waals surface area contributed by atoms with Crippen molar-refractivity contribution < 1.29 is 123 Å². The molecule has 15 fully saturated rings. The first-order chi connectivity index (χ1) is 42.9. The van der Waals surface area contributed by atoms with Gasteiger partial charge in [0.05, 0.1) is 44.3 Å². The Kier molecular flexibility index (Phi) is 18.3. The first kappa shape index (κ1) is 67.2. The second-order valence-electron chi connectivity index (χ2n) is 29.2. The maximum Gasteiger partial charge on any atom is 0.308 e. The van der Waals surface area contributed by atoms with E-state index in [-0.39, 0.29) is 47.3 Å². The highest BCUT2D eigenvalue weighted by Crippen LogP contribution is 2.67. The number of sulfonamides is 1. The molecule has 12 heterocycles. The van der Waals surface area contributed by atoms with Crippen LogP contribution in [0.15, 0.2) is 0 Å². The summed E-state index contributed by atoms with van der Waals surface area (Å²) in [5.74, 6) is -10.3. The maximum atomic E-state index is 14.1. The number of esters is 6. The van der Waals surface area contributed by atoms with Crippen LogP contribution in [0, 0.1) is 70.5 Å². The zero-order valence-electron chi connectivity index (χ0n) is 54.2. The van der Waals surface area contributed by atoms with E-state index in [1.807, 2.05) is 20.8 Å². The van der Waals surface area contributed by atoms with Crippen LogP contribution in [0.3, 0.4) is 0 Å².